The first-order valence-corrected chi connectivity index (χ1v) is 7.33. The van der Waals surface area contributed by atoms with Gasteiger partial charge in [0, 0.05) is 6.54 Å². The van der Waals surface area contributed by atoms with Crippen LogP contribution in [0.1, 0.15) is 41.8 Å². The highest BCUT2D eigenvalue weighted by Crippen LogP contribution is 2.25. The summed E-state index contributed by atoms with van der Waals surface area (Å²) in [5.74, 6) is 2.02. The van der Waals surface area contributed by atoms with Crippen LogP contribution in [0.15, 0.2) is 16.7 Å². The minimum absolute atomic E-state index is 0.302. The van der Waals surface area contributed by atoms with Gasteiger partial charge in [-0.1, -0.05) is 24.2 Å². The smallest absolute Gasteiger partial charge is 0.264 e. The monoisotopic (exact) mass is 289 g/mol. The molecule has 0 spiro atoms. The number of ether oxygens (including phenoxy) is 1. The normalized spacial score (nSPS) is 10.9. The van der Waals surface area contributed by atoms with E-state index in [9.17, 15) is 0 Å². The molecule has 2 aromatic rings. The summed E-state index contributed by atoms with van der Waals surface area (Å²) in [6.07, 6.45) is 1.14. The SMILES string of the molecule is CCCNCc1cc(C)c(OCc2nc(C)no2)c(C)c1. The van der Waals surface area contributed by atoms with E-state index in [4.69, 9.17) is 9.26 Å². The Morgan fingerprint density at radius 1 is 1.19 bits per heavy atom. The second-order valence-corrected chi connectivity index (χ2v) is 5.26. The maximum absolute atomic E-state index is 5.83. The van der Waals surface area contributed by atoms with Crippen LogP contribution >= 0.6 is 0 Å². The van der Waals surface area contributed by atoms with Gasteiger partial charge in [-0.15, -0.1) is 0 Å². The predicted molar refractivity (Wildman–Crippen MR) is 81.3 cm³/mol. The third-order valence-electron chi connectivity index (χ3n) is 3.19. The Morgan fingerprint density at radius 2 is 1.90 bits per heavy atom. The minimum atomic E-state index is 0.302. The van der Waals surface area contributed by atoms with Crippen molar-refractivity contribution in [2.45, 2.75) is 47.3 Å². The van der Waals surface area contributed by atoms with Gasteiger partial charge in [0.15, 0.2) is 12.4 Å². The molecule has 1 aromatic heterocycles. The second-order valence-electron chi connectivity index (χ2n) is 5.26. The summed E-state index contributed by atoms with van der Waals surface area (Å²) in [6, 6.07) is 4.31. The molecular formula is C16H23N3O2. The maximum atomic E-state index is 5.83. The molecule has 114 valence electrons. The van der Waals surface area contributed by atoms with Crippen LogP contribution in [0.25, 0.3) is 0 Å². The Hall–Kier alpha value is -1.88. The molecule has 1 heterocycles. The van der Waals surface area contributed by atoms with Crippen molar-refractivity contribution in [3.8, 4) is 5.75 Å². The van der Waals surface area contributed by atoms with Crippen LogP contribution < -0.4 is 10.1 Å². The molecule has 0 aliphatic rings. The molecule has 0 fully saturated rings. The second kappa shape index (κ2) is 7.22. The number of rotatable bonds is 7. The van der Waals surface area contributed by atoms with Crippen LogP contribution in [0.2, 0.25) is 0 Å². The van der Waals surface area contributed by atoms with Crippen LogP contribution in [-0.2, 0) is 13.2 Å². The molecule has 21 heavy (non-hydrogen) atoms. The zero-order chi connectivity index (χ0) is 15.2. The number of nitrogens with one attached hydrogen (secondary N) is 1. The summed E-state index contributed by atoms with van der Waals surface area (Å²) in [6.45, 7) is 10.3. The van der Waals surface area contributed by atoms with Gasteiger partial charge in [-0.2, -0.15) is 4.98 Å². The lowest BCUT2D eigenvalue weighted by Gasteiger charge is -2.13. The first-order valence-electron chi connectivity index (χ1n) is 7.33. The third-order valence-corrected chi connectivity index (χ3v) is 3.19. The average molecular weight is 289 g/mol. The summed E-state index contributed by atoms with van der Waals surface area (Å²) < 4.78 is 10.9. The van der Waals surface area contributed by atoms with Crippen molar-refractivity contribution >= 4 is 0 Å². The van der Waals surface area contributed by atoms with Crippen molar-refractivity contribution in [1.29, 1.82) is 0 Å². The van der Waals surface area contributed by atoms with E-state index in [1.165, 1.54) is 5.56 Å². The van der Waals surface area contributed by atoms with Crippen LogP contribution in [0, 0.1) is 20.8 Å². The predicted octanol–water partition coefficient (Wildman–Crippen LogP) is 3.07. The number of benzene rings is 1. The van der Waals surface area contributed by atoms with E-state index >= 15 is 0 Å². The van der Waals surface area contributed by atoms with Crippen LogP contribution in [-0.4, -0.2) is 16.7 Å². The molecule has 0 radical (unpaired) electrons. The van der Waals surface area contributed by atoms with Gasteiger partial charge >= 0.3 is 0 Å². The topological polar surface area (TPSA) is 60.2 Å². The van der Waals surface area contributed by atoms with Crippen molar-refractivity contribution in [2.24, 2.45) is 0 Å². The van der Waals surface area contributed by atoms with Gasteiger partial charge in [0.2, 0.25) is 0 Å². The Bertz CT molecular complexity index is 570. The van der Waals surface area contributed by atoms with E-state index in [-0.39, 0.29) is 0 Å². The summed E-state index contributed by atoms with van der Waals surface area (Å²) in [5.41, 5.74) is 3.53. The molecule has 0 aliphatic heterocycles. The molecule has 0 unspecified atom stereocenters. The van der Waals surface area contributed by atoms with Crippen molar-refractivity contribution in [2.75, 3.05) is 6.54 Å². The number of aromatic nitrogens is 2. The average Bonchev–Trinajstić information content (AvgIpc) is 2.84. The van der Waals surface area contributed by atoms with Gasteiger partial charge in [-0.25, -0.2) is 0 Å². The first kappa shape index (κ1) is 15.5. The summed E-state index contributed by atoms with van der Waals surface area (Å²) in [7, 11) is 0. The molecule has 2 rings (SSSR count). The summed E-state index contributed by atoms with van der Waals surface area (Å²) in [4.78, 5) is 4.14. The Balaban J connectivity index is 2.02. The molecule has 5 nitrogen and oxygen atoms in total. The molecule has 0 saturated carbocycles. The van der Waals surface area contributed by atoms with E-state index in [0.717, 1.165) is 36.4 Å². The van der Waals surface area contributed by atoms with E-state index in [2.05, 4.69) is 48.4 Å². The molecular weight excluding hydrogens is 266 g/mol. The lowest BCUT2D eigenvalue weighted by atomic mass is 10.1. The Kier molecular flexibility index (Phi) is 5.33. The van der Waals surface area contributed by atoms with E-state index in [1.807, 2.05) is 0 Å². The number of aryl methyl sites for hydroxylation is 3. The zero-order valence-corrected chi connectivity index (χ0v) is 13.2. The van der Waals surface area contributed by atoms with Gasteiger partial charge in [-0.05, 0) is 50.4 Å². The quantitative estimate of drug-likeness (QED) is 0.794. The number of hydrogen-bond donors (Lipinski definition) is 1. The highest BCUT2D eigenvalue weighted by molar-refractivity contribution is 5.43. The number of hydrogen-bond acceptors (Lipinski definition) is 5. The fourth-order valence-corrected chi connectivity index (χ4v) is 2.31. The van der Waals surface area contributed by atoms with E-state index < -0.39 is 0 Å². The van der Waals surface area contributed by atoms with Gasteiger partial charge in [0.05, 0.1) is 0 Å². The van der Waals surface area contributed by atoms with E-state index in [1.54, 1.807) is 6.92 Å². The lowest BCUT2D eigenvalue weighted by molar-refractivity contribution is 0.240. The largest absolute Gasteiger partial charge is 0.483 e. The molecule has 0 bridgehead atoms. The summed E-state index contributed by atoms with van der Waals surface area (Å²) >= 11 is 0. The van der Waals surface area contributed by atoms with Crippen LogP contribution in [0.4, 0.5) is 0 Å². The zero-order valence-electron chi connectivity index (χ0n) is 13.2. The molecule has 0 amide bonds. The Labute approximate surface area is 125 Å². The van der Waals surface area contributed by atoms with Gasteiger partial charge in [-0.3, -0.25) is 0 Å². The minimum Gasteiger partial charge on any atom is -0.483 e. The van der Waals surface area contributed by atoms with Crippen molar-refractivity contribution in [1.82, 2.24) is 15.5 Å². The van der Waals surface area contributed by atoms with E-state index in [0.29, 0.717) is 18.3 Å². The lowest BCUT2D eigenvalue weighted by Crippen LogP contribution is -2.14. The molecule has 0 aliphatic carbocycles. The van der Waals surface area contributed by atoms with Crippen LogP contribution in [0.5, 0.6) is 5.75 Å². The molecule has 1 aromatic carbocycles. The maximum Gasteiger partial charge on any atom is 0.264 e. The first-order chi connectivity index (χ1) is 10.1. The van der Waals surface area contributed by atoms with Gasteiger partial charge in [0.25, 0.3) is 5.89 Å². The van der Waals surface area contributed by atoms with Crippen LogP contribution in [0.3, 0.4) is 0 Å². The van der Waals surface area contributed by atoms with Gasteiger partial charge < -0.3 is 14.6 Å². The third kappa shape index (κ3) is 4.29. The molecule has 0 saturated heterocycles. The van der Waals surface area contributed by atoms with Gasteiger partial charge in [0.1, 0.15) is 5.75 Å². The van der Waals surface area contributed by atoms with Crippen molar-refractivity contribution in [3.05, 3.63) is 40.5 Å². The standard InChI is InChI=1S/C16H23N3O2/c1-5-6-17-9-14-7-11(2)16(12(3)8-14)20-10-15-18-13(4)19-21-15/h7-8,17H,5-6,9-10H2,1-4H3. The highest BCUT2D eigenvalue weighted by atomic mass is 16.5. The number of nitrogens with zero attached hydrogens (tertiary/aromatic N) is 2. The van der Waals surface area contributed by atoms with Crippen molar-refractivity contribution in [3.63, 3.8) is 0 Å². The Morgan fingerprint density at radius 3 is 2.48 bits per heavy atom. The molecule has 0 atom stereocenters. The summed E-state index contributed by atoms with van der Waals surface area (Å²) in [5, 5.41) is 7.17. The fraction of sp³-hybridized carbons (Fsp3) is 0.500. The van der Waals surface area contributed by atoms with Crippen molar-refractivity contribution < 1.29 is 9.26 Å². The molecule has 1 N–H and O–H groups in total. The highest BCUT2D eigenvalue weighted by Gasteiger charge is 2.09. The molecule has 5 heteroatoms. The fourth-order valence-electron chi connectivity index (χ4n) is 2.31.